The molecule has 4 aromatic rings. The second kappa shape index (κ2) is 9.61. The summed E-state index contributed by atoms with van der Waals surface area (Å²) in [6.45, 7) is 1.99. The highest BCUT2D eigenvalue weighted by Gasteiger charge is 2.15. The molecule has 0 radical (unpaired) electrons. The van der Waals surface area contributed by atoms with Gasteiger partial charge in [-0.3, -0.25) is 4.79 Å². The van der Waals surface area contributed by atoms with Gasteiger partial charge in [0.15, 0.2) is 5.65 Å². The maximum absolute atomic E-state index is 12.7. The van der Waals surface area contributed by atoms with E-state index in [1.165, 1.54) is 21.7 Å². The van der Waals surface area contributed by atoms with Crippen molar-refractivity contribution < 1.29 is 4.79 Å². The van der Waals surface area contributed by atoms with Crippen LogP contribution >= 0.6 is 11.8 Å². The molecule has 0 aliphatic carbocycles. The zero-order valence-corrected chi connectivity index (χ0v) is 18.0. The molecule has 0 unspecified atom stereocenters. The summed E-state index contributed by atoms with van der Waals surface area (Å²) in [5.74, 6) is -0.308. The third kappa shape index (κ3) is 5.03. The molecule has 158 valence electrons. The van der Waals surface area contributed by atoms with Crippen LogP contribution in [0.4, 0.5) is 5.69 Å². The summed E-state index contributed by atoms with van der Waals surface area (Å²) in [7, 11) is 0. The predicted octanol–water partition coefficient (Wildman–Crippen LogP) is 4.02. The van der Waals surface area contributed by atoms with Crippen molar-refractivity contribution in [3.63, 3.8) is 0 Å². The molecule has 2 heterocycles. The minimum absolute atomic E-state index is 0.173. The number of hydrogen-bond acceptors (Lipinski definition) is 5. The van der Waals surface area contributed by atoms with Crippen LogP contribution in [-0.4, -0.2) is 25.1 Å². The van der Waals surface area contributed by atoms with Crippen molar-refractivity contribution in [2.75, 3.05) is 5.32 Å². The van der Waals surface area contributed by atoms with Gasteiger partial charge in [0.05, 0.1) is 0 Å². The zero-order chi connectivity index (χ0) is 21.6. The minimum atomic E-state index is -0.377. The van der Waals surface area contributed by atoms with Crippen molar-refractivity contribution in [1.29, 1.82) is 0 Å². The van der Waals surface area contributed by atoms with E-state index in [0.29, 0.717) is 16.4 Å². The second-order valence-electron chi connectivity index (χ2n) is 7.13. The van der Waals surface area contributed by atoms with Crippen molar-refractivity contribution >= 4 is 29.0 Å². The standard InChI is InChI=1S/C23H23N5O2S/c1-2-3-7-17-10-12-18(13-11-17)25-20(29)16-28-23(30)27-15-14-24-22(21(27)26-28)31-19-8-5-4-6-9-19/h4-6,8-15H,2-3,7,16H2,1H3,(H,25,29). The Labute approximate surface area is 184 Å². The molecule has 7 nitrogen and oxygen atoms in total. The molecule has 0 spiro atoms. The molecule has 0 saturated heterocycles. The summed E-state index contributed by atoms with van der Waals surface area (Å²) in [5.41, 5.74) is 1.99. The lowest BCUT2D eigenvalue weighted by Gasteiger charge is -2.06. The Morgan fingerprint density at radius 3 is 2.61 bits per heavy atom. The SMILES string of the molecule is CCCCc1ccc(NC(=O)Cn2nc3c(Sc4ccccc4)nccn3c2=O)cc1. The first-order valence-corrected chi connectivity index (χ1v) is 11.0. The Hall–Kier alpha value is -3.39. The third-order valence-electron chi connectivity index (χ3n) is 4.78. The quantitative estimate of drug-likeness (QED) is 0.454. The van der Waals surface area contributed by atoms with Gasteiger partial charge in [-0.2, -0.15) is 0 Å². The first kappa shape index (κ1) is 20.9. The molecule has 2 aromatic heterocycles. The summed E-state index contributed by atoms with van der Waals surface area (Å²) in [6.07, 6.45) is 6.43. The van der Waals surface area contributed by atoms with E-state index >= 15 is 0 Å². The van der Waals surface area contributed by atoms with Gasteiger partial charge in [0.1, 0.15) is 11.6 Å². The van der Waals surface area contributed by atoms with Crippen LogP contribution in [0.2, 0.25) is 0 Å². The predicted molar refractivity (Wildman–Crippen MR) is 121 cm³/mol. The summed E-state index contributed by atoms with van der Waals surface area (Å²) in [6, 6.07) is 17.5. The average molecular weight is 434 g/mol. The summed E-state index contributed by atoms with van der Waals surface area (Å²) >= 11 is 1.42. The first-order chi connectivity index (χ1) is 15.1. The van der Waals surface area contributed by atoms with Crippen molar-refractivity contribution in [2.24, 2.45) is 0 Å². The van der Waals surface area contributed by atoms with Gasteiger partial charge in [0, 0.05) is 23.0 Å². The molecule has 1 N–H and O–H groups in total. The van der Waals surface area contributed by atoms with Crippen LogP contribution in [-0.2, 0) is 17.8 Å². The number of amides is 1. The van der Waals surface area contributed by atoms with Crippen molar-refractivity contribution in [2.45, 2.75) is 42.7 Å². The summed E-state index contributed by atoms with van der Waals surface area (Å²) in [5, 5.41) is 7.80. The van der Waals surface area contributed by atoms with Crippen molar-refractivity contribution in [1.82, 2.24) is 19.2 Å². The van der Waals surface area contributed by atoms with Gasteiger partial charge in [0.2, 0.25) is 5.91 Å². The molecule has 0 saturated carbocycles. The smallest absolute Gasteiger partial charge is 0.324 e. The number of nitrogens with one attached hydrogen (secondary N) is 1. The van der Waals surface area contributed by atoms with E-state index in [-0.39, 0.29) is 18.1 Å². The molecular weight excluding hydrogens is 410 g/mol. The molecule has 1 amide bonds. The molecule has 0 bridgehead atoms. The lowest BCUT2D eigenvalue weighted by molar-refractivity contribution is -0.117. The largest absolute Gasteiger partial charge is 0.350 e. The van der Waals surface area contributed by atoms with Gasteiger partial charge in [-0.25, -0.2) is 18.9 Å². The van der Waals surface area contributed by atoms with Crippen LogP contribution in [0.5, 0.6) is 0 Å². The second-order valence-corrected chi connectivity index (χ2v) is 8.19. The van der Waals surface area contributed by atoms with Gasteiger partial charge in [0.25, 0.3) is 0 Å². The van der Waals surface area contributed by atoms with Crippen LogP contribution < -0.4 is 11.0 Å². The lowest BCUT2D eigenvalue weighted by atomic mass is 10.1. The van der Waals surface area contributed by atoms with Gasteiger partial charge < -0.3 is 5.32 Å². The number of aromatic nitrogens is 4. The van der Waals surface area contributed by atoms with E-state index in [2.05, 4.69) is 22.3 Å². The molecule has 0 atom stereocenters. The number of fused-ring (bicyclic) bond motifs is 1. The Bertz CT molecular complexity index is 1230. The van der Waals surface area contributed by atoms with Crippen molar-refractivity contribution in [3.8, 4) is 0 Å². The van der Waals surface area contributed by atoms with Gasteiger partial charge in [-0.15, -0.1) is 5.10 Å². The Kier molecular flexibility index (Phi) is 6.47. The minimum Gasteiger partial charge on any atom is -0.324 e. The number of anilines is 1. The fraction of sp³-hybridized carbons (Fsp3) is 0.217. The molecule has 4 rings (SSSR count). The number of unbranched alkanes of at least 4 members (excludes halogenated alkanes) is 1. The topological polar surface area (TPSA) is 81.3 Å². The molecule has 0 fully saturated rings. The van der Waals surface area contributed by atoms with Gasteiger partial charge >= 0.3 is 5.69 Å². The fourth-order valence-electron chi connectivity index (χ4n) is 3.17. The Morgan fingerprint density at radius 2 is 1.87 bits per heavy atom. The highest BCUT2D eigenvalue weighted by Crippen LogP contribution is 2.27. The van der Waals surface area contributed by atoms with E-state index in [1.54, 1.807) is 12.4 Å². The van der Waals surface area contributed by atoms with E-state index in [0.717, 1.165) is 28.8 Å². The summed E-state index contributed by atoms with van der Waals surface area (Å²) in [4.78, 5) is 30.6. The monoisotopic (exact) mass is 433 g/mol. The molecule has 2 aromatic carbocycles. The van der Waals surface area contributed by atoms with Gasteiger partial charge in [-0.05, 0) is 42.7 Å². The molecule has 0 aliphatic rings. The van der Waals surface area contributed by atoms with Crippen LogP contribution in [0.25, 0.3) is 5.65 Å². The average Bonchev–Trinajstić information content (AvgIpc) is 3.10. The maximum Gasteiger partial charge on any atom is 0.350 e. The number of hydrogen-bond donors (Lipinski definition) is 1. The highest BCUT2D eigenvalue weighted by molar-refractivity contribution is 7.99. The number of benzene rings is 2. The number of carbonyl (C=O) groups excluding carboxylic acids is 1. The summed E-state index contributed by atoms with van der Waals surface area (Å²) < 4.78 is 2.57. The maximum atomic E-state index is 12.7. The fourth-order valence-corrected chi connectivity index (χ4v) is 4.03. The van der Waals surface area contributed by atoms with Gasteiger partial charge in [-0.1, -0.05) is 55.4 Å². The zero-order valence-electron chi connectivity index (χ0n) is 17.2. The Morgan fingerprint density at radius 1 is 1.10 bits per heavy atom. The highest BCUT2D eigenvalue weighted by atomic mass is 32.2. The molecule has 31 heavy (non-hydrogen) atoms. The number of aryl methyl sites for hydroxylation is 1. The van der Waals surface area contributed by atoms with Crippen molar-refractivity contribution in [3.05, 3.63) is 83.0 Å². The molecule has 0 aliphatic heterocycles. The first-order valence-electron chi connectivity index (χ1n) is 10.2. The van der Waals surface area contributed by atoms with Crippen LogP contribution in [0.1, 0.15) is 25.3 Å². The van der Waals surface area contributed by atoms with E-state index in [4.69, 9.17) is 0 Å². The van der Waals surface area contributed by atoms with E-state index in [9.17, 15) is 9.59 Å². The Balaban J connectivity index is 1.49. The number of rotatable bonds is 8. The normalized spacial score (nSPS) is 11.0. The van der Waals surface area contributed by atoms with Crippen LogP contribution in [0, 0.1) is 0 Å². The van der Waals surface area contributed by atoms with E-state index < -0.39 is 0 Å². The number of carbonyl (C=O) groups is 1. The molecular formula is C23H23N5O2S. The third-order valence-corrected chi connectivity index (χ3v) is 5.77. The lowest BCUT2D eigenvalue weighted by Crippen LogP contribution is -2.28. The molecule has 8 heteroatoms. The van der Waals surface area contributed by atoms with E-state index in [1.807, 2.05) is 54.6 Å². The number of nitrogens with zero attached hydrogens (tertiary/aromatic N) is 4. The van der Waals surface area contributed by atoms with Crippen LogP contribution in [0.3, 0.4) is 0 Å². The van der Waals surface area contributed by atoms with Crippen LogP contribution in [0.15, 0.2) is 81.7 Å².